The Labute approximate surface area is 183 Å². The van der Waals surface area contributed by atoms with E-state index in [2.05, 4.69) is 13.8 Å². The molecule has 8 nitrogen and oxygen atoms in total. The SMILES string of the molecule is CCCCCCCOCC(COP(=O)(O)OCCN(C)C)OC(=O)CCCCCC. The summed E-state index contributed by atoms with van der Waals surface area (Å²) in [6, 6.07) is 0. The van der Waals surface area contributed by atoms with Gasteiger partial charge in [-0.05, 0) is 26.9 Å². The van der Waals surface area contributed by atoms with Gasteiger partial charge in [-0.25, -0.2) is 4.57 Å². The average molecular weight is 454 g/mol. The molecule has 2 unspecified atom stereocenters. The summed E-state index contributed by atoms with van der Waals surface area (Å²) in [6.07, 6.45) is 9.12. The van der Waals surface area contributed by atoms with E-state index in [1.165, 1.54) is 19.3 Å². The van der Waals surface area contributed by atoms with Crippen LogP contribution < -0.4 is 0 Å². The molecule has 0 aromatic heterocycles. The second-order valence-electron chi connectivity index (χ2n) is 7.81. The van der Waals surface area contributed by atoms with E-state index >= 15 is 0 Å². The van der Waals surface area contributed by atoms with Gasteiger partial charge in [0.1, 0.15) is 6.10 Å². The maximum atomic E-state index is 12.1. The number of unbranched alkanes of at least 4 members (excludes halogenated alkanes) is 7. The summed E-state index contributed by atoms with van der Waals surface area (Å²) in [7, 11) is -0.536. The van der Waals surface area contributed by atoms with Gasteiger partial charge in [-0.1, -0.05) is 58.8 Å². The monoisotopic (exact) mass is 453 g/mol. The highest BCUT2D eigenvalue weighted by molar-refractivity contribution is 7.47. The van der Waals surface area contributed by atoms with Crippen molar-refractivity contribution in [3.8, 4) is 0 Å². The second-order valence-corrected chi connectivity index (χ2v) is 9.27. The molecule has 0 radical (unpaired) electrons. The minimum absolute atomic E-state index is 0.0664. The first-order chi connectivity index (χ1) is 14.3. The highest BCUT2D eigenvalue weighted by Gasteiger charge is 2.25. The van der Waals surface area contributed by atoms with E-state index < -0.39 is 13.9 Å². The molecule has 180 valence electrons. The van der Waals surface area contributed by atoms with Crippen LogP contribution in [-0.2, 0) is 27.9 Å². The normalized spacial score (nSPS) is 14.6. The van der Waals surface area contributed by atoms with Gasteiger partial charge in [0.25, 0.3) is 0 Å². The summed E-state index contributed by atoms with van der Waals surface area (Å²) in [6.45, 7) is 5.28. The lowest BCUT2D eigenvalue weighted by molar-refractivity contribution is -0.154. The lowest BCUT2D eigenvalue weighted by atomic mass is 10.1. The molecule has 0 saturated heterocycles. The van der Waals surface area contributed by atoms with E-state index in [0.717, 1.165) is 38.5 Å². The minimum Gasteiger partial charge on any atom is -0.457 e. The third-order valence-corrected chi connectivity index (χ3v) is 5.43. The van der Waals surface area contributed by atoms with Crippen LogP contribution in [0.2, 0.25) is 0 Å². The molecule has 1 N–H and O–H groups in total. The quantitative estimate of drug-likeness (QED) is 0.154. The number of esters is 1. The zero-order valence-corrected chi connectivity index (χ0v) is 20.4. The number of hydrogen-bond donors (Lipinski definition) is 1. The number of phosphoric ester groups is 1. The fourth-order valence-electron chi connectivity index (χ4n) is 2.63. The van der Waals surface area contributed by atoms with Gasteiger partial charge in [0.15, 0.2) is 0 Å². The lowest BCUT2D eigenvalue weighted by Gasteiger charge is -2.20. The zero-order valence-electron chi connectivity index (χ0n) is 19.5. The summed E-state index contributed by atoms with van der Waals surface area (Å²) in [5.41, 5.74) is 0. The number of phosphoric acid groups is 1. The molecule has 0 aliphatic carbocycles. The molecule has 0 amide bonds. The molecule has 0 aromatic carbocycles. The Balaban J connectivity index is 4.40. The number of carbonyl (C=O) groups excluding carboxylic acids is 1. The molecule has 2 atom stereocenters. The van der Waals surface area contributed by atoms with E-state index in [1.807, 2.05) is 19.0 Å². The van der Waals surface area contributed by atoms with Crippen LogP contribution in [0, 0.1) is 0 Å². The largest absolute Gasteiger partial charge is 0.472 e. The summed E-state index contributed by atoms with van der Waals surface area (Å²) >= 11 is 0. The molecule has 0 heterocycles. The van der Waals surface area contributed by atoms with E-state index in [9.17, 15) is 14.3 Å². The van der Waals surface area contributed by atoms with Crippen LogP contribution in [0.5, 0.6) is 0 Å². The summed E-state index contributed by atoms with van der Waals surface area (Å²) < 4.78 is 33.0. The molecule has 0 saturated carbocycles. The first-order valence-corrected chi connectivity index (χ1v) is 12.8. The van der Waals surface area contributed by atoms with Crippen LogP contribution in [0.4, 0.5) is 0 Å². The van der Waals surface area contributed by atoms with Crippen LogP contribution >= 0.6 is 7.82 Å². The Hall–Kier alpha value is -0.500. The third-order valence-electron chi connectivity index (χ3n) is 4.45. The maximum Gasteiger partial charge on any atom is 0.472 e. The van der Waals surface area contributed by atoms with Crippen LogP contribution in [0.25, 0.3) is 0 Å². The molecule has 9 heteroatoms. The van der Waals surface area contributed by atoms with Crippen molar-refractivity contribution in [2.75, 3.05) is 47.1 Å². The Morgan fingerprint density at radius 2 is 1.53 bits per heavy atom. The lowest BCUT2D eigenvalue weighted by Crippen LogP contribution is -2.28. The highest BCUT2D eigenvalue weighted by atomic mass is 31.2. The molecule has 0 aliphatic rings. The van der Waals surface area contributed by atoms with Crippen molar-refractivity contribution >= 4 is 13.8 Å². The third kappa shape index (κ3) is 19.5. The smallest absolute Gasteiger partial charge is 0.457 e. The van der Waals surface area contributed by atoms with Gasteiger partial charge in [0.05, 0.1) is 19.8 Å². The van der Waals surface area contributed by atoms with Crippen molar-refractivity contribution < 1.29 is 32.8 Å². The molecule has 0 aliphatic heterocycles. The van der Waals surface area contributed by atoms with Crippen molar-refractivity contribution in [2.24, 2.45) is 0 Å². The van der Waals surface area contributed by atoms with Crippen molar-refractivity contribution in [3.63, 3.8) is 0 Å². The van der Waals surface area contributed by atoms with Crippen LogP contribution in [-0.4, -0.2) is 68.9 Å². The van der Waals surface area contributed by atoms with E-state index in [4.69, 9.17) is 18.5 Å². The number of carbonyl (C=O) groups is 1. The Morgan fingerprint density at radius 1 is 0.900 bits per heavy atom. The van der Waals surface area contributed by atoms with Gasteiger partial charge in [-0.2, -0.15) is 0 Å². The standard InChI is InChI=1S/C21H44NO7P/c1-5-7-9-11-13-16-26-18-20(29-21(23)14-12-10-8-6-2)19-28-30(24,25)27-17-15-22(3)4/h20H,5-19H2,1-4H3,(H,24,25). The van der Waals surface area contributed by atoms with Gasteiger partial charge >= 0.3 is 13.8 Å². The molecule has 0 fully saturated rings. The van der Waals surface area contributed by atoms with E-state index in [0.29, 0.717) is 19.6 Å². The van der Waals surface area contributed by atoms with Crippen molar-refractivity contribution in [3.05, 3.63) is 0 Å². The Kier molecular flexibility index (Phi) is 18.9. The minimum atomic E-state index is -4.21. The number of likely N-dealkylation sites (N-methyl/N-ethyl adjacent to an activating group) is 1. The van der Waals surface area contributed by atoms with Crippen molar-refractivity contribution in [1.82, 2.24) is 4.90 Å². The summed E-state index contributed by atoms with van der Waals surface area (Å²) in [5, 5.41) is 0. The topological polar surface area (TPSA) is 94.5 Å². The van der Waals surface area contributed by atoms with Gasteiger partial charge in [-0.15, -0.1) is 0 Å². The predicted molar refractivity (Wildman–Crippen MR) is 119 cm³/mol. The summed E-state index contributed by atoms with van der Waals surface area (Å²) in [5.74, 6) is -0.340. The number of ether oxygens (including phenoxy) is 2. The van der Waals surface area contributed by atoms with Crippen molar-refractivity contribution in [2.45, 2.75) is 84.2 Å². The molecule has 0 bridgehead atoms. The first kappa shape index (κ1) is 29.5. The Morgan fingerprint density at radius 3 is 2.17 bits per heavy atom. The van der Waals surface area contributed by atoms with Gasteiger partial charge in [-0.3, -0.25) is 13.8 Å². The van der Waals surface area contributed by atoms with Gasteiger partial charge < -0.3 is 19.3 Å². The van der Waals surface area contributed by atoms with Crippen molar-refractivity contribution in [1.29, 1.82) is 0 Å². The highest BCUT2D eigenvalue weighted by Crippen LogP contribution is 2.43. The molecule has 0 aromatic rings. The van der Waals surface area contributed by atoms with E-state index in [-0.39, 0.29) is 25.8 Å². The zero-order chi connectivity index (χ0) is 22.7. The first-order valence-electron chi connectivity index (χ1n) is 11.3. The molecular weight excluding hydrogens is 409 g/mol. The maximum absolute atomic E-state index is 12.1. The number of hydrogen-bond acceptors (Lipinski definition) is 7. The predicted octanol–water partition coefficient (Wildman–Crippen LogP) is 4.55. The summed E-state index contributed by atoms with van der Waals surface area (Å²) in [4.78, 5) is 23.7. The fraction of sp³-hybridized carbons (Fsp3) is 0.952. The number of rotatable bonds is 21. The molecule has 30 heavy (non-hydrogen) atoms. The van der Waals surface area contributed by atoms with Gasteiger partial charge in [0, 0.05) is 19.6 Å². The van der Waals surface area contributed by atoms with Crippen LogP contribution in [0.15, 0.2) is 0 Å². The average Bonchev–Trinajstić information content (AvgIpc) is 2.68. The number of nitrogens with zero attached hydrogens (tertiary/aromatic N) is 1. The second kappa shape index (κ2) is 19.2. The van der Waals surface area contributed by atoms with Crippen LogP contribution in [0.3, 0.4) is 0 Å². The van der Waals surface area contributed by atoms with Gasteiger partial charge in [0.2, 0.25) is 0 Å². The Bertz CT molecular complexity index is 463. The molecule has 0 rings (SSSR count). The molecular formula is C21H44NO7P. The van der Waals surface area contributed by atoms with Crippen LogP contribution in [0.1, 0.15) is 78.1 Å². The van der Waals surface area contributed by atoms with E-state index in [1.54, 1.807) is 0 Å². The molecule has 0 spiro atoms. The fourth-order valence-corrected chi connectivity index (χ4v) is 3.37.